The summed E-state index contributed by atoms with van der Waals surface area (Å²) in [4.78, 5) is 0. The van der Waals surface area contributed by atoms with E-state index in [2.05, 4.69) is 40.7 Å². The average Bonchev–Trinajstić information content (AvgIpc) is 2.70. The molecular formula is C19H32. The number of rotatable bonds is 3. The van der Waals surface area contributed by atoms with E-state index in [9.17, 15) is 0 Å². The van der Waals surface area contributed by atoms with Crippen molar-refractivity contribution in [1.29, 1.82) is 0 Å². The molecule has 108 valence electrons. The van der Waals surface area contributed by atoms with E-state index < -0.39 is 0 Å². The van der Waals surface area contributed by atoms with Crippen molar-refractivity contribution in [1.82, 2.24) is 0 Å². The third-order valence-corrected chi connectivity index (χ3v) is 5.99. The summed E-state index contributed by atoms with van der Waals surface area (Å²) in [6.45, 7) is 12.2. The van der Waals surface area contributed by atoms with Crippen LogP contribution in [0.2, 0.25) is 0 Å². The van der Waals surface area contributed by atoms with Gasteiger partial charge in [0.15, 0.2) is 0 Å². The molecule has 0 saturated heterocycles. The fourth-order valence-electron chi connectivity index (χ4n) is 5.16. The van der Waals surface area contributed by atoms with E-state index in [4.69, 9.17) is 0 Å². The molecule has 2 fully saturated rings. The molecule has 0 aromatic carbocycles. The van der Waals surface area contributed by atoms with Crippen LogP contribution in [0.1, 0.15) is 66.7 Å². The normalized spacial score (nSPS) is 38.7. The van der Waals surface area contributed by atoms with Crippen molar-refractivity contribution in [3.8, 4) is 0 Å². The molecule has 0 spiro atoms. The summed E-state index contributed by atoms with van der Waals surface area (Å²) >= 11 is 0. The molecule has 3 aliphatic carbocycles. The summed E-state index contributed by atoms with van der Waals surface area (Å²) in [7, 11) is 0. The van der Waals surface area contributed by atoms with Crippen molar-refractivity contribution in [2.45, 2.75) is 66.7 Å². The summed E-state index contributed by atoms with van der Waals surface area (Å²) in [5.41, 5.74) is 2.31. The lowest BCUT2D eigenvalue weighted by atomic mass is 9.75. The third-order valence-electron chi connectivity index (χ3n) is 5.99. The molecule has 0 nitrogen and oxygen atoms in total. The number of hydrogen-bond donors (Lipinski definition) is 0. The average molecular weight is 260 g/mol. The molecule has 0 heteroatoms. The van der Waals surface area contributed by atoms with E-state index in [-0.39, 0.29) is 0 Å². The molecule has 0 amide bonds. The minimum Gasteiger partial charge on any atom is -0.0850 e. The summed E-state index contributed by atoms with van der Waals surface area (Å²) in [5, 5.41) is 0. The van der Waals surface area contributed by atoms with Crippen molar-refractivity contribution in [2.75, 3.05) is 0 Å². The van der Waals surface area contributed by atoms with Gasteiger partial charge in [-0.15, -0.1) is 0 Å². The Hall–Kier alpha value is -0.260. The quantitative estimate of drug-likeness (QED) is 0.572. The zero-order valence-corrected chi connectivity index (χ0v) is 13.6. The third kappa shape index (κ3) is 2.78. The van der Waals surface area contributed by atoms with Crippen LogP contribution in [0.5, 0.6) is 0 Å². The first-order chi connectivity index (χ1) is 8.85. The Balaban J connectivity index is 1.70. The van der Waals surface area contributed by atoms with Crippen molar-refractivity contribution >= 4 is 0 Å². The molecule has 5 atom stereocenters. The highest BCUT2D eigenvalue weighted by atomic mass is 14.6. The van der Waals surface area contributed by atoms with Gasteiger partial charge < -0.3 is 0 Å². The van der Waals surface area contributed by atoms with Gasteiger partial charge in [0.25, 0.3) is 0 Å². The van der Waals surface area contributed by atoms with E-state index >= 15 is 0 Å². The zero-order chi connectivity index (χ0) is 13.8. The maximum absolute atomic E-state index is 2.57. The standard InChI is InChI=1S/C19H32/c1-12(2)17(11-19(3,4)5)18-15-9-13-6-7-14(8-13)10-16(15)18/h6,12,14-18H,7-11H2,1-5H3. The summed E-state index contributed by atoms with van der Waals surface area (Å²) < 4.78 is 0. The van der Waals surface area contributed by atoms with Crippen LogP contribution < -0.4 is 0 Å². The molecular weight excluding hydrogens is 228 g/mol. The van der Waals surface area contributed by atoms with Gasteiger partial charge in [-0.1, -0.05) is 46.3 Å². The van der Waals surface area contributed by atoms with Crippen LogP contribution >= 0.6 is 0 Å². The van der Waals surface area contributed by atoms with E-state index in [0.717, 1.165) is 35.5 Å². The van der Waals surface area contributed by atoms with Crippen LogP contribution in [0.25, 0.3) is 0 Å². The van der Waals surface area contributed by atoms with Crippen LogP contribution in [0.4, 0.5) is 0 Å². The molecule has 3 rings (SSSR count). The second-order valence-corrected chi connectivity index (χ2v) is 9.19. The first-order valence-electron chi connectivity index (χ1n) is 8.53. The molecule has 3 aliphatic rings. The Labute approximate surface area is 120 Å². The summed E-state index contributed by atoms with van der Waals surface area (Å²) in [6.07, 6.45) is 9.85. The summed E-state index contributed by atoms with van der Waals surface area (Å²) in [6, 6.07) is 0. The topological polar surface area (TPSA) is 0 Å². The van der Waals surface area contributed by atoms with E-state index in [1.165, 1.54) is 25.7 Å². The zero-order valence-electron chi connectivity index (χ0n) is 13.6. The van der Waals surface area contributed by atoms with Crippen LogP contribution in [0, 0.1) is 40.9 Å². The Bertz CT molecular complexity index is 368. The lowest BCUT2D eigenvalue weighted by molar-refractivity contribution is 0.202. The number of hydrogen-bond acceptors (Lipinski definition) is 0. The van der Waals surface area contributed by atoms with Gasteiger partial charge in [-0.05, 0) is 73.0 Å². The van der Waals surface area contributed by atoms with Gasteiger partial charge in [0.05, 0.1) is 0 Å². The molecule has 0 N–H and O–H groups in total. The van der Waals surface area contributed by atoms with Crippen molar-refractivity contribution in [3.63, 3.8) is 0 Å². The maximum Gasteiger partial charge on any atom is -0.0286 e. The van der Waals surface area contributed by atoms with Gasteiger partial charge in [0.2, 0.25) is 0 Å². The highest BCUT2D eigenvalue weighted by molar-refractivity contribution is 5.19. The second-order valence-electron chi connectivity index (χ2n) is 9.19. The predicted molar refractivity (Wildman–Crippen MR) is 82.9 cm³/mol. The SMILES string of the molecule is CC(C)C(CC(C)(C)C)C1C2CC3=CCC(C3)CC21. The highest BCUT2D eigenvalue weighted by Crippen LogP contribution is 2.63. The first-order valence-corrected chi connectivity index (χ1v) is 8.53. The second kappa shape index (κ2) is 4.64. The lowest BCUT2D eigenvalue weighted by Gasteiger charge is -2.30. The van der Waals surface area contributed by atoms with Gasteiger partial charge in [-0.2, -0.15) is 0 Å². The van der Waals surface area contributed by atoms with Crippen molar-refractivity contribution in [2.24, 2.45) is 40.9 Å². The smallest absolute Gasteiger partial charge is 0.0286 e. The van der Waals surface area contributed by atoms with Gasteiger partial charge in [0.1, 0.15) is 0 Å². The van der Waals surface area contributed by atoms with Crippen LogP contribution in [0.3, 0.4) is 0 Å². The highest BCUT2D eigenvalue weighted by Gasteiger charge is 2.56. The van der Waals surface area contributed by atoms with E-state index in [1.807, 2.05) is 5.57 Å². The Kier molecular flexibility index (Phi) is 3.35. The lowest BCUT2D eigenvalue weighted by Crippen LogP contribution is -2.21. The molecule has 19 heavy (non-hydrogen) atoms. The molecule has 5 unspecified atom stereocenters. The van der Waals surface area contributed by atoms with Gasteiger partial charge >= 0.3 is 0 Å². The Morgan fingerprint density at radius 3 is 2.53 bits per heavy atom. The Morgan fingerprint density at radius 1 is 1.16 bits per heavy atom. The largest absolute Gasteiger partial charge is 0.0850 e. The molecule has 0 aromatic heterocycles. The first kappa shape index (κ1) is 13.7. The monoisotopic (exact) mass is 260 g/mol. The van der Waals surface area contributed by atoms with Gasteiger partial charge in [0, 0.05) is 0 Å². The van der Waals surface area contributed by atoms with Crippen LogP contribution in [-0.4, -0.2) is 0 Å². The van der Waals surface area contributed by atoms with Gasteiger partial charge in [-0.25, -0.2) is 0 Å². The molecule has 0 aromatic rings. The molecule has 0 radical (unpaired) electrons. The van der Waals surface area contributed by atoms with E-state index in [0.29, 0.717) is 5.41 Å². The fraction of sp³-hybridized carbons (Fsp3) is 0.895. The molecule has 0 heterocycles. The van der Waals surface area contributed by atoms with E-state index in [1.54, 1.807) is 6.42 Å². The Morgan fingerprint density at radius 2 is 1.89 bits per heavy atom. The predicted octanol–water partition coefficient (Wildman–Crippen LogP) is 5.69. The number of allylic oxidation sites excluding steroid dienone is 2. The maximum atomic E-state index is 2.57. The minimum absolute atomic E-state index is 0.495. The van der Waals surface area contributed by atoms with Crippen LogP contribution in [-0.2, 0) is 0 Å². The van der Waals surface area contributed by atoms with Crippen molar-refractivity contribution in [3.05, 3.63) is 11.6 Å². The van der Waals surface area contributed by atoms with Gasteiger partial charge in [-0.3, -0.25) is 0 Å². The minimum atomic E-state index is 0.495. The number of fused-ring (bicyclic) bond motifs is 3. The molecule has 2 saturated carbocycles. The molecule has 0 aliphatic heterocycles. The van der Waals surface area contributed by atoms with Crippen LogP contribution in [0.15, 0.2) is 11.6 Å². The molecule has 2 bridgehead atoms. The fourth-order valence-corrected chi connectivity index (χ4v) is 5.16. The summed E-state index contributed by atoms with van der Waals surface area (Å²) in [5.74, 6) is 6.06. The van der Waals surface area contributed by atoms with Crippen molar-refractivity contribution < 1.29 is 0 Å².